The van der Waals surface area contributed by atoms with Crippen molar-refractivity contribution in [2.45, 2.75) is 46.5 Å². The van der Waals surface area contributed by atoms with E-state index in [9.17, 15) is 14.9 Å². The molecule has 0 N–H and O–H groups in total. The van der Waals surface area contributed by atoms with E-state index in [2.05, 4.69) is 32.9 Å². The Labute approximate surface area is 154 Å². The van der Waals surface area contributed by atoms with Crippen molar-refractivity contribution in [1.82, 2.24) is 0 Å². The van der Waals surface area contributed by atoms with Crippen LogP contribution in [0.15, 0.2) is 47.6 Å². The lowest BCUT2D eigenvalue weighted by molar-refractivity contribution is -0.384. The van der Waals surface area contributed by atoms with Crippen LogP contribution in [0.25, 0.3) is 5.57 Å². The number of non-ortho nitro benzene ring substituents is 1. The Morgan fingerprint density at radius 3 is 2.58 bits per heavy atom. The maximum Gasteiger partial charge on any atom is 0.338 e. The molecule has 0 aromatic heterocycles. The maximum absolute atomic E-state index is 11.7. The Morgan fingerprint density at radius 2 is 1.96 bits per heavy atom. The van der Waals surface area contributed by atoms with Crippen LogP contribution in [0.4, 0.5) is 5.69 Å². The Kier molecular flexibility index (Phi) is 6.89. The molecule has 2 rings (SSSR count). The minimum Gasteiger partial charge on any atom is -0.458 e. The molecule has 0 atom stereocenters. The van der Waals surface area contributed by atoms with Crippen LogP contribution in [0.3, 0.4) is 0 Å². The number of nitro groups is 1. The molecule has 1 aliphatic rings. The van der Waals surface area contributed by atoms with E-state index in [4.69, 9.17) is 4.74 Å². The third kappa shape index (κ3) is 5.69. The largest absolute Gasteiger partial charge is 0.458 e. The number of carbonyl (C=O) groups excluding carboxylic acids is 1. The van der Waals surface area contributed by atoms with Gasteiger partial charge in [0.25, 0.3) is 5.69 Å². The molecule has 0 aliphatic carbocycles. The van der Waals surface area contributed by atoms with Gasteiger partial charge >= 0.3 is 5.97 Å². The SMILES string of the molecule is CC(C)=CCC/C(C)=C/CCc1cc(C2=CCOC2=O)cc([N+](=O)[O-])c1. The Morgan fingerprint density at radius 1 is 1.19 bits per heavy atom. The van der Waals surface area contributed by atoms with E-state index in [0.717, 1.165) is 24.8 Å². The summed E-state index contributed by atoms with van der Waals surface area (Å²) in [6, 6.07) is 4.86. The second-order valence-electron chi connectivity index (χ2n) is 6.77. The summed E-state index contributed by atoms with van der Waals surface area (Å²) >= 11 is 0. The number of allylic oxidation sites excluding steroid dienone is 4. The van der Waals surface area contributed by atoms with Crippen LogP contribution in [-0.4, -0.2) is 17.5 Å². The van der Waals surface area contributed by atoms with E-state index < -0.39 is 10.9 Å². The third-order valence-electron chi connectivity index (χ3n) is 4.24. The van der Waals surface area contributed by atoms with E-state index in [1.54, 1.807) is 12.1 Å². The van der Waals surface area contributed by atoms with Crippen LogP contribution in [0.2, 0.25) is 0 Å². The molecule has 26 heavy (non-hydrogen) atoms. The first-order valence-electron chi connectivity index (χ1n) is 8.82. The highest BCUT2D eigenvalue weighted by atomic mass is 16.6. The zero-order valence-electron chi connectivity index (χ0n) is 15.6. The van der Waals surface area contributed by atoms with Crippen molar-refractivity contribution in [2.75, 3.05) is 6.61 Å². The molecule has 0 bridgehead atoms. The first-order chi connectivity index (χ1) is 12.4. The highest BCUT2D eigenvalue weighted by Crippen LogP contribution is 2.27. The second kappa shape index (κ2) is 9.13. The number of nitro benzene ring substituents is 1. The molecule has 0 unspecified atom stereocenters. The molecule has 5 nitrogen and oxygen atoms in total. The molecule has 0 radical (unpaired) electrons. The van der Waals surface area contributed by atoms with Gasteiger partial charge in [0, 0.05) is 12.1 Å². The minimum atomic E-state index is -0.425. The number of cyclic esters (lactones) is 1. The van der Waals surface area contributed by atoms with Crippen molar-refractivity contribution < 1.29 is 14.5 Å². The van der Waals surface area contributed by atoms with Gasteiger partial charge in [-0.05, 0) is 63.7 Å². The number of rotatable bonds is 8. The highest BCUT2D eigenvalue weighted by Gasteiger charge is 2.21. The molecule has 1 aromatic rings. The number of ether oxygens (including phenoxy) is 1. The highest BCUT2D eigenvalue weighted by molar-refractivity contribution is 6.18. The van der Waals surface area contributed by atoms with Crippen molar-refractivity contribution in [3.05, 3.63) is 68.8 Å². The molecule has 5 heteroatoms. The first kappa shape index (κ1) is 19.6. The summed E-state index contributed by atoms with van der Waals surface area (Å²) in [5.74, 6) is -0.425. The molecular weight excluding hydrogens is 330 g/mol. The van der Waals surface area contributed by atoms with Crippen molar-refractivity contribution >= 4 is 17.2 Å². The summed E-state index contributed by atoms with van der Waals surface area (Å²) in [6.07, 6.45) is 9.62. The van der Waals surface area contributed by atoms with Gasteiger partial charge in [0.2, 0.25) is 0 Å². The van der Waals surface area contributed by atoms with Gasteiger partial charge in [-0.2, -0.15) is 0 Å². The molecule has 138 valence electrons. The molecule has 1 aliphatic heterocycles. The number of carbonyl (C=O) groups is 1. The van der Waals surface area contributed by atoms with E-state index in [1.165, 1.54) is 17.2 Å². The van der Waals surface area contributed by atoms with Gasteiger partial charge in [-0.3, -0.25) is 10.1 Å². The molecule has 0 amide bonds. The monoisotopic (exact) mass is 355 g/mol. The van der Waals surface area contributed by atoms with Crippen LogP contribution in [0, 0.1) is 10.1 Å². The van der Waals surface area contributed by atoms with Gasteiger partial charge in [-0.25, -0.2) is 4.79 Å². The Balaban J connectivity index is 2.09. The number of nitrogens with zero attached hydrogens (tertiary/aromatic N) is 1. The van der Waals surface area contributed by atoms with Gasteiger partial charge in [0.05, 0.1) is 10.5 Å². The van der Waals surface area contributed by atoms with E-state index in [0.29, 0.717) is 17.6 Å². The summed E-state index contributed by atoms with van der Waals surface area (Å²) in [5.41, 5.74) is 4.45. The summed E-state index contributed by atoms with van der Waals surface area (Å²) in [5, 5.41) is 11.2. The van der Waals surface area contributed by atoms with Crippen LogP contribution in [0.5, 0.6) is 0 Å². The van der Waals surface area contributed by atoms with Gasteiger partial charge in [0.15, 0.2) is 0 Å². The topological polar surface area (TPSA) is 69.4 Å². The standard InChI is InChI=1S/C21H25NO4/c1-15(2)6-4-7-16(3)8-5-9-17-12-18(14-19(13-17)22(24)25)20-10-11-26-21(20)23/h6,8,10,12-14H,4-5,7,9,11H2,1-3H3/b16-8+. The Bertz CT molecular complexity index is 783. The summed E-state index contributed by atoms with van der Waals surface area (Å²) in [4.78, 5) is 22.5. The number of esters is 1. The molecule has 0 saturated heterocycles. The summed E-state index contributed by atoms with van der Waals surface area (Å²) < 4.78 is 4.91. The zero-order valence-corrected chi connectivity index (χ0v) is 15.6. The summed E-state index contributed by atoms with van der Waals surface area (Å²) in [6.45, 7) is 6.51. The normalized spacial score (nSPS) is 14.0. The van der Waals surface area contributed by atoms with E-state index in [1.807, 2.05) is 6.07 Å². The smallest absolute Gasteiger partial charge is 0.338 e. The van der Waals surface area contributed by atoms with Crippen LogP contribution < -0.4 is 0 Å². The van der Waals surface area contributed by atoms with Crippen molar-refractivity contribution in [3.63, 3.8) is 0 Å². The summed E-state index contributed by atoms with van der Waals surface area (Å²) in [7, 11) is 0. The zero-order chi connectivity index (χ0) is 19.1. The fourth-order valence-corrected chi connectivity index (χ4v) is 2.85. The molecule has 0 saturated carbocycles. The lowest BCUT2D eigenvalue weighted by Gasteiger charge is -2.06. The number of benzene rings is 1. The number of aryl methyl sites for hydroxylation is 1. The van der Waals surface area contributed by atoms with Crippen molar-refractivity contribution in [3.8, 4) is 0 Å². The van der Waals surface area contributed by atoms with Gasteiger partial charge in [0.1, 0.15) is 6.61 Å². The first-order valence-corrected chi connectivity index (χ1v) is 8.82. The van der Waals surface area contributed by atoms with Gasteiger partial charge < -0.3 is 4.74 Å². The third-order valence-corrected chi connectivity index (χ3v) is 4.24. The molecule has 1 aromatic carbocycles. The number of hydrogen-bond acceptors (Lipinski definition) is 4. The van der Waals surface area contributed by atoms with Crippen molar-refractivity contribution in [1.29, 1.82) is 0 Å². The van der Waals surface area contributed by atoms with E-state index >= 15 is 0 Å². The molecule has 0 spiro atoms. The minimum absolute atomic E-state index is 0.00218. The predicted octanol–water partition coefficient (Wildman–Crippen LogP) is 5.16. The van der Waals surface area contributed by atoms with Crippen molar-refractivity contribution in [2.24, 2.45) is 0 Å². The molecular formula is C21H25NO4. The van der Waals surface area contributed by atoms with Crippen LogP contribution in [-0.2, 0) is 16.0 Å². The van der Waals surface area contributed by atoms with Gasteiger partial charge in [-0.1, -0.05) is 29.4 Å². The molecule has 1 heterocycles. The van der Waals surface area contributed by atoms with Gasteiger partial charge in [-0.15, -0.1) is 0 Å². The predicted molar refractivity (Wildman–Crippen MR) is 103 cm³/mol. The molecule has 0 fully saturated rings. The lowest BCUT2D eigenvalue weighted by atomic mass is 9.99. The fourth-order valence-electron chi connectivity index (χ4n) is 2.85. The fraction of sp³-hybridized carbons (Fsp3) is 0.381. The maximum atomic E-state index is 11.7. The average Bonchev–Trinajstić information content (AvgIpc) is 3.00. The quantitative estimate of drug-likeness (QED) is 0.279. The lowest BCUT2D eigenvalue weighted by Crippen LogP contribution is -2.01. The average molecular weight is 355 g/mol. The van der Waals surface area contributed by atoms with E-state index in [-0.39, 0.29) is 12.3 Å². The number of hydrogen-bond donors (Lipinski definition) is 0. The Hall–Kier alpha value is -2.69. The second-order valence-corrected chi connectivity index (χ2v) is 6.77. The van der Waals surface area contributed by atoms with Crippen LogP contribution in [0.1, 0.15) is 51.2 Å². The van der Waals surface area contributed by atoms with Crippen LogP contribution >= 0.6 is 0 Å².